The average molecular weight is 338 g/mol. The molecule has 0 aliphatic rings. The summed E-state index contributed by atoms with van der Waals surface area (Å²) in [6.07, 6.45) is 1.74. The van der Waals surface area contributed by atoms with Crippen molar-refractivity contribution in [2.75, 3.05) is 19.7 Å². The Morgan fingerprint density at radius 1 is 1.25 bits per heavy atom. The van der Waals surface area contributed by atoms with E-state index in [1.54, 1.807) is 0 Å². The van der Waals surface area contributed by atoms with E-state index in [0.717, 1.165) is 30.8 Å². The monoisotopic (exact) mass is 338 g/mol. The molecule has 24 heavy (non-hydrogen) atoms. The molecule has 0 saturated carbocycles. The van der Waals surface area contributed by atoms with Gasteiger partial charge in [-0.3, -0.25) is 4.68 Å². The van der Waals surface area contributed by atoms with E-state index in [2.05, 4.69) is 42.6 Å². The Hall–Kier alpha value is -1.56. The summed E-state index contributed by atoms with van der Waals surface area (Å²) in [6, 6.07) is 1.92. The average Bonchev–Trinajstić information content (AvgIpc) is 2.80. The molecule has 2 atom stereocenters. The van der Waals surface area contributed by atoms with Crippen molar-refractivity contribution in [2.24, 2.45) is 17.8 Å². The van der Waals surface area contributed by atoms with Crippen LogP contribution in [0.2, 0.25) is 0 Å². The normalized spacial score (nSPS) is 13.8. The van der Waals surface area contributed by atoms with Gasteiger partial charge in [0.1, 0.15) is 0 Å². The molecular formula is C18H34N4O2. The molecule has 0 saturated heterocycles. The third-order valence-corrected chi connectivity index (χ3v) is 4.09. The van der Waals surface area contributed by atoms with Crippen molar-refractivity contribution in [1.82, 2.24) is 20.4 Å². The molecule has 1 rings (SSSR count). The fourth-order valence-corrected chi connectivity index (χ4v) is 2.94. The number of nitrogens with one attached hydrogen (secondary N) is 2. The number of rotatable bonds is 10. The maximum absolute atomic E-state index is 12.0. The van der Waals surface area contributed by atoms with Crippen molar-refractivity contribution < 1.29 is 9.90 Å². The third kappa shape index (κ3) is 7.81. The second-order valence-electron chi connectivity index (χ2n) is 7.31. The summed E-state index contributed by atoms with van der Waals surface area (Å²) >= 11 is 0. The van der Waals surface area contributed by atoms with Crippen LogP contribution in [0.1, 0.15) is 45.0 Å². The molecule has 3 N–H and O–H groups in total. The molecule has 0 unspecified atom stereocenters. The number of aliphatic hydroxyl groups is 1. The van der Waals surface area contributed by atoms with E-state index in [0.29, 0.717) is 30.8 Å². The molecule has 0 fully saturated rings. The van der Waals surface area contributed by atoms with Crippen LogP contribution in [-0.2, 0) is 6.54 Å². The van der Waals surface area contributed by atoms with Gasteiger partial charge in [-0.05, 0) is 50.5 Å². The van der Waals surface area contributed by atoms with E-state index in [-0.39, 0.29) is 12.6 Å². The summed E-state index contributed by atoms with van der Waals surface area (Å²) in [5, 5.41) is 19.4. The van der Waals surface area contributed by atoms with Crippen molar-refractivity contribution >= 4 is 6.03 Å². The van der Waals surface area contributed by atoms with Crippen molar-refractivity contribution in [1.29, 1.82) is 0 Å². The van der Waals surface area contributed by atoms with E-state index in [4.69, 9.17) is 5.11 Å². The zero-order chi connectivity index (χ0) is 18.1. The number of amides is 2. The SMILES string of the molecule is Cc1cc(C)n(C[C@@H](C)CNC(=O)NC[C@H](CCO)CC(C)C)n1. The van der Waals surface area contributed by atoms with Gasteiger partial charge in [0.15, 0.2) is 0 Å². The van der Waals surface area contributed by atoms with Crippen molar-refractivity contribution in [3.05, 3.63) is 17.5 Å². The van der Waals surface area contributed by atoms with Crippen molar-refractivity contribution in [2.45, 2.75) is 54.0 Å². The predicted octanol–water partition coefficient (Wildman–Crippen LogP) is 2.48. The van der Waals surface area contributed by atoms with E-state index in [1.165, 1.54) is 0 Å². The van der Waals surface area contributed by atoms with Crippen LogP contribution in [0, 0.1) is 31.6 Å². The number of carbonyl (C=O) groups is 1. The van der Waals surface area contributed by atoms with Crippen molar-refractivity contribution in [3.8, 4) is 0 Å². The largest absolute Gasteiger partial charge is 0.396 e. The number of aromatic nitrogens is 2. The van der Waals surface area contributed by atoms with Crippen LogP contribution >= 0.6 is 0 Å². The van der Waals surface area contributed by atoms with Gasteiger partial charge in [-0.1, -0.05) is 20.8 Å². The van der Waals surface area contributed by atoms with E-state index < -0.39 is 0 Å². The summed E-state index contributed by atoms with van der Waals surface area (Å²) < 4.78 is 1.99. The Kier molecular flexibility index (Phi) is 8.82. The number of aryl methyl sites for hydroxylation is 2. The third-order valence-electron chi connectivity index (χ3n) is 4.09. The number of carbonyl (C=O) groups excluding carboxylic acids is 1. The van der Waals surface area contributed by atoms with Gasteiger partial charge in [-0.25, -0.2) is 4.79 Å². The molecule has 0 radical (unpaired) electrons. The lowest BCUT2D eigenvalue weighted by Crippen LogP contribution is -2.41. The van der Waals surface area contributed by atoms with Crippen LogP contribution < -0.4 is 10.6 Å². The number of urea groups is 1. The highest BCUT2D eigenvalue weighted by atomic mass is 16.3. The molecule has 0 aliphatic heterocycles. The van der Waals surface area contributed by atoms with Gasteiger partial charge in [-0.15, -0.1) is 0 Å². The lowest BCUT2D eigenvalue weighted by molar-refractivity contribution is 0.223. The first kappa shape index (κ1) is 20.5. The Bertz CT molecular complexity index is 499. The molecule has 6 heteroatoms. The summed E-state index contributed by atoms with van der Waals surface area (Å²) in [4.78, 5) is 12.0. The molecule has 1 heterocycles. The maximum Gasteiger partial charge on any atom is 0.314 e. The number of nitrogens with zero attached hydrogens (tertiary/aromatic N) is 2. The van der Waals surface area contributed by atoms with Crippen LogP contribution in [0.4, 0.5) is 4.79 Å². The molecule has 0 aromatic carbocycles. The van der Waals surface area contributed by atoms with E-state index in [9.17, 15) is 4.79 Å². The molecule has 0 bridgehead atoms. The Labute approximate surface area is 146 Å². The fourth-order valence-electron chi connectivity index (χ4n) is 2.94. The van der Waals surface area contributed by atoms with Gasteiger partial charge in [0.25, 0.3) is 0 Å². The van der Waals surface area contributed by atoms with Gasteiger partial charge in [0.2, 0.25) is 0 Å². The van der Waals surface area contributed by atoms with Crippen LogP contribution in [-0.4, -0.2) is 40.6 Å². The molecule has 1 aromatic rings. The summed E-state index contributed by atoms with van der Waals surface area (Å²) in [5.41, 5.74) is 2.16. The lowest BCUT2D eigenvalue weighted by atomic mass is 9.94. The fraction of sp³-hybridized carbons (Fsp3) is 0.778. The quantitative estimate of drug-likeness (QED) is 0.613. The minimum Gasteiger partial charge on any atom is -0.396 e. The zero-order valence-electron chi connectivity index (χ0n) is 15.8. The Morgan fingerprint density at radius 3 is 2.46 bits per heavy atom. The van der Waals surface area contributed by atoms with Gasteiger partial charge in [0, 0.05) is 31.9 Å². The van der Waals surface area contributed by atoms with Gasteiger partial charge in [0.05, 0.1) is 5.69 Å². The summed E-state index contributed by atoms with van der Waals surface area (Å²) in [7, 11) is 0. The molecule has 6 nitrogen and oxygen atoms in total. The highest BCUT2D eigenvalue weighted by molar-refractivity contribution is 5.73. The van der Waals surface area contributed by atoms with Crippen LogP contribution in [0.3, 0.4) is 0 Å². The Balaban J connectivity index is 2.30. The topological polar surface area (TPSA) is 79.2 Å². The molecular weight excluding hydrogens is 304 g/mol. The standard InChI is InChI=1S/C18H34N4O2/c1-13(2)8-17(6-7-23)11-20-18(24)19-10-14(3)12-22-16(5)9-15(4)21-22/h9,13-14,17,23H,6-8,10-12H2,1-5H3,(H2,19,20,24)/t14-,17+/m0/s1. The van der Waals surface area contributed by atoms with Crippen molar-refractivity contribution in [3.63, 3.8) is 0 Å². The number of hydrogen-bond acceptors (Lipinski definition) is 3. The minimum absolute atomic E-state index is 0.137. The summed E-state index contributed by atoms with van der Waals surface area (Å²) in [5.74, 6) is 1.19. The second kappa shape index (κ2) is 10.3. The molecule has 138 valence electrons. The number of hydrogen-bond donors (Lipinski definition) is 3. The predicted molar refractivity (Wildman–Crippen MR) is 96.9 cm³/mol. The second-order valence-corrected chi connectivity index (χ2v) is 7.31. The first-order valence-corrected chi connectivity index (χ1v) is 8.95. The molecule has 0 aliphatic carbocycles. The smallest absolute Gasteiger partial charge is 0.314 e. The lowest BCUT2D eigenvalue weighted by Gasteiger charge is -2.19. The van der Waals surface area contributed by atoms with Gasteiger partial charge < -0.3 is 15.7 Å². The summed E-state index contributed by atoms with van der Waals surface area (Å²) in [6.45, 7) is 12.6. The zero-order valence-corrected chi connectivity index (χ0v) is 15.8. The molecule has 0 spiro atoms. The highest BCUT2D eigenvalue weighted by Crippen LogP contribution is 2.14. The molecule has 2 amide bonds. The highest BCUT2D eigenvalue weighted by Gasteiger charge is 2.13. The van der Waals surface area contributed by atoms with Gasteiger partial charge >= 0.3 is 6.03 Å². The first-order valence-electron chi connectivity index (χ1n) is 8.95. The van der Waals surface area contributed by atoms with Crippen LogP contribution in [0.25, 0.3) is 0 Å². The van der Waals surface area contributed by atoms with Crippen LogP contribution in [0.15, 0.2) is 6.07 Å². The van der Waals surface area contributed by atoms with Crippen LogP contribution in [0.5, 0.6) is 0 Å². The van der Waals surface area contributed by atoms with E-state index in [1.807, 2.05) is 18.5 Å². The van der Waals surface area contributed by atoms with E-state index >= 15 is 0 Å². The molecule has 1 aromatic heterocycles. The Morgan fingerprint density at radius 2 is 1.92 bits per heavy atom. The minimum atomic E-state index is -0.137. The number of aliphatic hydroxyl groups excluding tert-OH is 1. The maximum atomic E-state index is 12.0. The first-order chi connectivity index (χ1) is 11.3. The van der Waals surface area contributed by atoms with Gasteiger partial charge in [-0.2, -0.15) is 5.10 Å².